The van der Waals surface area contributed by atoms with E-state index in [9.17, 15) is 9.59 Å². The molecule has 1 aromatic heterocycles. The number of aromatic nitrogens is 3. The minimum atomic E-state index is -0.510. The molecule has 0 saturated heterocycles. The van der Waals surface area contributed by atoms with Crippen molar-refractivity contribution in [2.24, 2.45) is 5.92 Å². The van der Waals surface area contributed by atoms with Gasteiger partial charge in [0, 0.05) is 13.0 Å². The van der Waals surface area contributed by atoms with E-state index in [2.05, 4.69) is 20.8 Å². The molecule has 2 aromatic rings. The lowest BCUT2D eigenvalue weighted by atomic mass is 10.1. The first-order valence-electron chi connectivity index (χ1n) is 8.41. The maximum absolute atomic E-state index is 11.8. The number of nitrogens with zero attached hydrogens (tertiary/aromatic N) is 3. The van der Waals surface area contributed by atoms with Crippen LogP contribution in [-0.4, -0.2) is 46.2 Å². The predicted octanol–water partition coefficient (Wildman–Crippen LogP) is 1.17. The molecule has 0 unspecified atom stereocenters. The Bertz CT molecular complexity index is 775. The number of carbonyl (C=O) groups is 2. The van der Waals surface area contributed by atoms with Gasteiger partial charge >= 0.3 is 6.03 Å². The van der Waals surface area contributed by atoms with Gasteiger partial charge in [0.15, 0.2) is 5.82 Å². The summed E-state index contributed by atoms with van der Waals surface area (Å²) in [6.07, 6.45) is 0.498. The Morgan fingerprint density at radius 2 is 1.96 bits per heavy atom. The van der Waals surface area contributed by atoms with Crippen molar-refractivity contribution in [1.82, 2.24) is 25.5 Å². The number of rotatable bonds is 8. The van der Waals surface area contributed by atoms with Gasteiger partial charge in [-0.05, 0) is 23.6 Å². The van der Waals surface area contributed by atoms with Crippen molar-refractivity contribution >= 4 is 23.7 Å². The molecule has 9 nitrogen and oxygen atoms in total. The quantitative estimate of drug-likeness (QED) is 0.455. The van der Waals surface area contributed by atoms with E-state index in [1.807, 2.05) is 38.1 Å². The fourth-order valence-electron chi connectivity index (χ4n) is 2.09. The first-order chi connectivity index (χ1) is 12.9. The van der Waals surface area contributed by atoms with E-state index in [1.165, 1.54) is 4.68 Å². The van der Waals surface area contributed by atoms with Gasteiger partial charge in [0.25, 0.3) is 0 Å². The molecule has 4 N–H and O–H groups in total. The number of hydrogen-bond donors (Lipinski definition) is 3. The van der Waals surface area contributed by atoms with Crippen molar-refractivity contribution in [2.75, 3.05) is 25.3 Å². The Morgan fingerprint density at radius 3 is 2.59 bits per heavy atom. The zero-order valence-electron chi connectivity index (χ0n) is 15.6. The van der Waals surface area contributed by atoms with E-state index in [0.29, 0.717) is 29.9 Å². The van der Waals surface area contributed by atoms with Crippen molar-refractivity contribution in [3.05, 3.63) is 35.7 Å². The van der Waals surface area contributed by atoms with E-state index in [0.717, 1.165) is 23.1 Å². The largest absolute Gasteiger partial charge is 0.497 e. The fraction of sp³-hybridized carbons (Fsp3) is 0.412. The summed E-state index contributed by atoms with van der Waals surface area (Å²) in [6.45, 7) is 4.43. The number of amides is 3. The highest BCUT2D eigenvalue weighted by Crippen LogP contribution is 2.17. The second-order valence-corrected chi connectivity index (χ2v) is 7.18. The minimum Gasteiger partial charge on any atom is -0.497 e. The number of nitrogens with one attached hydrogen (secondary N) is 2. The summed E-state index contributed by atoms with van der Waals surface area (Å²) < 4.78 is 6.48. The third-order valence-electron chi connectivity index (χ3n) is 3.51. The van der Waals surface area contributed by atoms with Gasteiger partial charge in [-0.3, -0.25) is 10.1 Å². The summed E-state index contributed by atoms with van der Waals surface area (Å²) in [6, 6.07) is 7.05. The molecule has 0 saturated carbocycles. The molecule has 27 heavy (non-hydrogen) atoms. The molecular weight excluding hydrogens is 368 g/mol. The van der Waals surface area contributed by atoms with Gasteiger partial charge in [-0.25, -0.2) is 9.47 Å². The van der Waals surface area contributed by atoms with Crippen molar-refractivity contribution < 1.29 is 14.3 Å². The molecule has 0 aliphatic carbocycles. The molecule has 3 amide bonds. The van der Waals surface area contributed by atoms with Crippen LogP contribution in [-0.2, 0) is 11.2 Å². The van der Waals surface area contributed by atoms with Crippen LogP contribution in [0.1, 0.15) is 25.2 Å². The first-order valence-corrected chi connectivity index (χ1v) is 9.40. The molecule has 2 rings (SSSR count). The second kappa shape index (κ2) is 9.81. The van der Waals surface area contributed by atoms with Crippen LogP contribution < -0.4 is 21.2 Å². The van der Waals surface area contributed by atoms with E-state index in [1.54, 1.807) is 7.11 Å². The highest BCUT2D eigenvalue weighted by molar-refractivity contribution is 7.99. The Kier molecular flexibility index (Phi) is 7.47. The van der Waals surface area contributed by atoms with Crippen LogP contribution in [0.4, 0.5) is 4.79 Å². The fourth-order valence-corrected chi connectivity index (χ4v) is 2.76. The van der Waals surface area contributed by atoms with Crippen molar-refractivity contribution in [1.29, 1.82) is 0 Å². The first kappa shape index (κ1) is 20.6. The molecule has 0 spiro atoms. The summed E-state index contributed by atoms with van der Waals surface area (Å²) in [7, 11) is 1.61. The van der Waals surface area contributed by atoms with Crippen LogP contribution in [0.3, 0.4) is 0 Å². The van der Waals surface area contributed by atoms with Crippen LogP contribution in [0.5, 0.6) is 5.75 Å². The molecule has 0 aliphatic rings. The maximum Gasteiger partial charge on any atom is 0.321 e. The number of benzene rings is 1. The third-order valence-corrected chi connectivity index (χ3v) is 4.46. The van der Waals surface area contributed by atoms with Gasteiger partial charge in [0.2, 0.25) is 11.1 Å². The van der Waals surface area contributed by atoms with Crippen LogP contribution in [0.15, 0.2) is 29.4 Å². The number of hydrogen-bond acceptors (Lipinski definition) is 7. The van der Waals surface area contributed by atoms with Gasteiger partial charge in [-0.1, -0.05) is 37.7 Å². The number of carbonyl (C=O) groups excluding carboxylic acids is 2. The van der Waals surface area contributed by atoms with Crippen molar-refractivity contribution in [3.63, 3.8) is 0 Å². The summed E-state index contributed by atoms with van der Waals surface area (Å²) in [5.74, 6) is 7.23. The lowest BCUT2D eigenvalue weighted by Gasteiger charge is -2.08. The summed E-state index contributed by atoms with van der Waals surface area (Å²) in [5.41, 5.74) is 1.01. The van der Waals surface area contributed by atoms with E-state index in [-0.39, 0.29) is 5.75 Å². The lowest BCUT2D eigenvalue weighted by molar-refractivity contribution is -0.117. The van der Waals surface area contributed by atoms with Gasteiger partial charge in [0.05, 0.1) is 12.9 Å². The van der Waals surface area contributed by atoms with Crippen LogP contribution in [0, 0.1) is 5.92 Å². The Balaban J connectivity index is 1.85. The summed E-state index contributed by atoms with van der Waals surface area (Å²) >= 11 is 1.11. The molecule has 0 aliphatic heterocycles. The normalized spacial score (nSPS) is 10.7. The smallest absolute Gasteiger partial charge is 0.321 e. The lowest BCUT2D eigenvalue weighted by Crippen LogP contribution is -2.41. The standard InChI is InChI=1S/C17H24N6O3S/c1-11(2)9-19-16(25)20-15(24)10-27-17-22-21-14(23(17)18)8-12-4-6-13(26-3)7-5-12/h4-7,11H,8-10,18H2,1-3H3,(H2,19,20,24,25). The molecular formula is C17H24N6O3S. The summed E-state index contributed by atoms with van der Waals surface area (Å²) in [5, 5.41) is 13.3. The third kappa shape index (κ3) is 6.48. The number of nitrogen functional groups attached to an aromatic ring is 1. The monoisotopic (exact) mass is 392 g/mol. The highest BCUT2D eigenvalue weighted by Gasteiger charge is 2.14. The van der Waals surface area contributed by atoms with Gasteiger partial charge < -0.3 is 15.9 Å². The highest BCUT2D eigenvalue weighted by atomic mass is 32.2. The molecule has 1 heterocycles. The van der Waals surface area contributed by atoms with E-state index in [4.69, 9.17) is 10.6 Å². The SMILES string of the molecule is COc1ccc(Cc2nnc(SCC(=O)NC(=O)NCC(C)C)n2N)cc1. The average Bonchev–Trinajstić information content (AvgIpc) is 2.98. The Labute approximate surface area is 162 Å². The number of urea groups is 1. The molecule has 10 heteroatoms. The zero-order chi connectivity index (χ0) is 19.8. The molecule has 0 radical (unpaired) electrons. The number of imide groups is 1. The van der Waals surface area contributed by atoms with E-state index < -0.39 is 11.9 Å². The number of nitrogens with two attached hydrogens (primary N) is 1. The topological polar surface area (TPSA) is 124 Å². The van der Waals surface area contributed by atoms with Crippen molar-refractivity contribution in [2.45, 2.75) is 25.4 Å². The molecule has 0 atom stereocenters. The van der Waals surface area contributed by atoms with E-state index >= 15 is 0 Å². The van der Waals surface area contributed by atoms with Gasteiger partial charge in [0.1, 0.15) is 5.75 Å². The predicted molar refractivity (Wildman–Crippen MR) is 103 cm³/mol. The molecule has 146 valence electrons. The average molecular weight is 392 g/mol. The Morgan fingerprint density at radius 1 is 1.26 bits per heavy atom. The molecule has 1 aromatic carbocycles. The number of thioether (sulfide) groups is 1. The van der Waals surface area contributed by atoms with Gasteiger partial charge in [-0.15, -0.1) is 10.2 Å². The summed E-state index contributed by atoms with van der Waals surface area (Å²) in [4.78, 5) is 23.4. The molecule has 0 fully saturated rings. The van der Waals surface area contributed by atoms with Gasteiger partial charge in [-0.2, -0.15) is 0 Å². The van der Waals surface area contributed by atoms with Crippen LogP contribution in [0.25, 0.3) is 0 Å². The number of methoxy groups -OCH3 is 1. The zero-order valence-corrected chi connectivity index (χ0v) is 16.4. The Hall–Kier alpha value is -2.75. The molecule has 0 bridgehead atoms. The maximum atomic E-state index is 11.8. The van der Waals surface area contributed by atoms with Crippen molar-refractivity contribution in [3.8, 4) is 5.75 Å². The van der Waals surface area contributed by atoms with Crippen LogP contribution >= 0.6 is 11.8 Å². The minimum absolute atomic E-state index is 0.00691. The number of ether oxygens (including phenoxy) is 1. The second-order valence-electron chi connectivity index (χ2n) is 6.23. The van der Waals surface area contributed by atoms with Crippen LogP contribution in [0.2, 0.25) is 0 Å².